The third kappa shape index (κ3) is 6.14. The van der Waals surface area contributed by atoms with Crippen molar-refractivity contribution in [3.63, 3.8) is 0 Å². The lowest BCUT2D eigenvalue weighted by Gasteiger charge is -2.26. The number of morpholine rings is 1. The Morgan fingerprint density at radius 1 is 1.29 bits per heavy atom. The first kappa shape index (κ1) is 18.8. The summed E-state index contributed by atoms with van der Waals surface area (Å²) in [4.78, 5) is 2.42. The van der Waals surface area contributed by atoms with Crippen molar-refractivity contribution in [1.82, 2.24) is 10.2 Å². The molecule has 1 aromatic carbocycles. The number of nitrogens with one attached hydrogen (secondary N) is 2. The monoisotopic (exact) mass is 353 g/mol. The predicted octanol–water partition coefficient (Wildman–Crippen LogP) is 2.10. The first-order valence-electron chi connectivity index (χ1n) is 8.38. The van der Waals surface area contributed by atoms with Crippen LogP contribution in [0.15, 0.2) is 18.2 Å². The Bertz CT molecular complexity index is 522. The van der Waals surface area contributed by atoms with E-state index in [4.69, 9.17) is 26.4 Å². The highest BCUT2D eigenvalue weighted by Crippen LogP contribution is 2.30. The number of ether oxygens (including phenoxy) is 3. The summed E-state index contributed by atoms with van der Waals surface area (Å²) in [5.74, 6) is 1.42. The summed E-state index contributed by atoms with van der Waals surface area (Å²) in [5.41, 5.74) is 0.876. The van der Waals surface area contributed by atoms with Crippen LogP contribution in [0.25, 0.3) is 0 Å². The Kier molecular flexibility index (Phi) is 8.07. The fourth-order valence-electron chi connectivity index (χ4n) is 2.52. The highest BCUT2D eigenvalue weighted by Gasteiger charge is 2.09. The predicted molar refractivity (Wildman–Crippen MR) is 100 cm³/mol. The number of nitrogens with zero attached hydrogens (tertiary/aromatic N) is 1. The van der Waals surface area contributed by atoms with E-state index in [1.165, 1.54) is 0 Å². The normalized spacial score (nSPS) is 14.9. The van der Waals surface area contributed by atoms with Crippen LogP contribution in [0.3, 0.4) is 0 Å². The van der Waals surface area contributed by atoms with Gasteiger partial charge >= 0.3 is 0 Å². The molecular weight excluding hydrogens is 326 g/mol. The van der Waals surface area contributed by atoms with Gasteiger partial charge in [0.15, 0.2) is 16.6 Å². The van der Waals surface area contributed by atoms with Crippen molar-refractivity contribution >= 4 is 23.0 Å². The van der Waals surface area contributed by atoms with E-state index in [2.05, 4.69) is 15.5 Å². The summed E-state index contributed by atoms with van der Waals surface area (Å²) in [6, 6.07) is 5.69. The third-order valence-corrected chi connectivity index (χ3v) is 4.01. The van der Waals surface area contributed by atoms with Crippen LogP contribution in [0.2, 0.25) is 0 Å². The van der Waals surface area contributed by atoms with Gasteiger partial charge in [-0.3, -0.25) is 4.90 Å². The minimum absolute atomic E-state index is 0.603. The van der Waals surface area contributed by atoms with Crippen molar-refractivity contribution in [2.24, 2.45) is 0 Å². The zero-order valence-electron chi connectivity index (χ0n) is 14.5. The topological polar surface area (TPSA) is 55.0 Å². The van der Waals surface area contributed by atoms with Crippen LogP contribution < -0.4 is 20.1 Å². The Morgan fingerprint density at radius 3 is 2.79 bits per heavy atom. The Balaban J connectivity index is 1.71. The van der Waals surface area contributed by atoms with Crippen LogP contribution in [-0.2, 0) is 4.74 Å². The molecule has 1 aromatic rings. The molecule has 2 N–H and O–H groups in total. The molecule has 134 valence electrons. The fourth-order valence-corrected chi connectivity index (χ4v) is 2.74. The van der Waals surface area contributed by atoms with Crippen LogP contribution in [-0.4, -0.2) is 63.1 Å². The second kappa shape index (κ2) is 10.3. The van der Waals surface area contributed by atoms with Gasteiger partial charge in [0.05, 0.1) is 26.9 Å². The van der Waals surface area contributed by atoms with E-state index in [-0.39, 0.29) is 0 Å². The van der Waals surface area contributed by atoms with E-state index in [0.29, 0.717) is 17.5 Å². The van der Waals surface area contributed by atoms with Gasteiger partial charge in [-0.15, -0.1) is 0 Å². The van der Waals surface area contributed by atoms with Gasteiger partial charge in [0.25, 0.3) is 0 Å². The van der Waals surface area contributed by atoms with Gasteiger partial charge < -0.3 is 24.8 Å². The van der Waals surface area contributed by atoms with Crippen LogP contribution in [0, 0.1) is 0 Å². The molecule has 1 aliphatic heterocycles. The molecule has 0 saturated carbocycles. The van der Waals surface area contributed by atoms with Crippen molar-refractivity contribution in [3.8, 4) is 11.5 Å². The van der Waals surface area contributed by atoms with Gasteiger partial charge in [-0.25, -0.2) is 0 Å². The van der Waals surface area contributed by atoms with Crippen molar-refractivity contribution in [1.29, 1.82) is 0 Å². The lowest BCUT2D eigenvalue weighted by atomic mass is 10.2. The Hall–Kier alpha value is -1.57. The number of benzene rings is 1. The summed E-state index contributed by atoms with van der Waals surface area (Å²) in [6.07, 6.45) is 1.05. The molecule has 0 amide bonds. The minimum Gasteiger partial charge on any atom is -0.493 e. The Morgan fingerprint density at radius 2 is 2.08 bits per heavy atom. The lowest BCUT2D eigenvalue weighted by Crippen LogP contribution is -2.38. The molecule has 6 nitrogen and oxygen atoms in total. The second-order valence-corrected chi connectivity index (χ2v) is 5.90. The number of anilines is 1. The Labute approximate surface area is 149 Å². The van der Waals surface area contributed by atoms with E-state index in [9.17, 15) is 0 Å². The maximum absolute atomic E-state index is 5.51. The standard InChI is InChI=1S/C17H27N3O3S/c1-3-23-15-6-5-14(13-16(15)21-2)19-17(24)18-7-4-8-20-9-11-22-12-10-20/h5-6,13H,3-4,7-12H2,1-2H3,(H2,18,19,24). The van der Waals surface area contributed by atoms with Crippen LogP contribution in [0.1, 0.15) is 13.3 Å². The smallest absolute Gasteiger partial charge is 0.170 e. The van der Waals surface area contributed by atoms with Crippen molar-refractivity contribution < 1.29 is 14.2 Å². The molecule has 1 heterocycles. The molecule has 1 fully saturated rings. The summed E-state index contributed by atoms with van der Waals surface area (Å²) >= 11 is 5.34. The molecule has 7 heteroatoms. The number of methoxy groups -OCH3 is 1. The van der Waals surface area contributed by atoms with Gasteiger partial charge in [0, 0.05) is 31.4 Å². The second-order valence-electron chi connectivity index (χ2n) is 5.49. The molecule has 1 saturated heterocycles. The SMILES string of the molecule is CCOc1ccc(NC(=S)NCCCN2CCOCC2)cc1OC. The number of rotatable bonds is 8. The van der Waals surface area contributed by atoms with Gasteiger partial charge in [0.2, 0.25) is 0 Å². The summed E-state index contributed by atoms with van der Waals surface area (Å²) < 4.78 is 16.2. The van der Waals surface area contributed by atoms with Crippen LogP contribution in [0.5, 0.6) is 11.5 Å². The summed E-state index contributed by atoms with van der Waals surface area (Å²) in [5, 5.41) is 7.03. The minimum atomic E-state index is 0.603. The molecule has 0 radical (unpaired) electrons. The molecule has 24 heavy (non-hydrogen) atoms. The van der Waals surface area contributed by atoms with E-state index < -0.39 is 0 Å². The number of hydrogen-bond acceptors (Lipinski definition) is 5. The summed E-state index contributed by atoms with van der Waals surface area (Å²) in [7, 11) is 1.63. The first-order valence-corrected chi connectivity index (χ1v) is 8.79. The quantitative estimate of drug-likeness (QED) is 0.548. The average molecular weight is 353 g/mol. The molecule has 0 bridgehead atoms. The van der Waals surface area contributed by atoms with Crippen molar-refractivity contribution in [2.75, 3.05) is 58.4 Å². The third-order valence-electron chi connectivity index (χ3n) is 3.76. The molecule has 0 aliphatic carbocycles. The molecule has 0 unspecified atom stereocenters. The van der Waals surface area contributed by atoms with Crippen LogP contribution >= 0.6 is 12.2 Å². The molecule has 1 aliphatic rings. The van der Waals surface area contributed by atoms with E-state index in [0.717, 1.165) is 57.3 Å². The molecule has 0 atom stereocenters. The van der Waals surface area contributed by atoms with Gasteiger partial charge in [-0.2, -0.15) is 0 Å². The highest BCUT2D eigenvalue weighted by molar-refractivity contribution is 7.80. The zero-order valence-corrected chi connectivity index (χ0v) is 15.3. The first-order chi connectivity index (χ1) is 11.7. The average Bonchev–Trinajstić information content (AvgIpc) is 2.61. The van der Waals surface area contributed by atoms with Crippen LogP contribution in [0.4, 0.5) is 5.69 Å². The fraction of sp³-hybridized carbons (Fsp3) is 0.588. The van der Waals surface area contributed by atoms with Crippen molar-refractivity contribution in [2.45, 2.75) is 13.3 Å². The van der Waals surface area contributed by atoms with E-state index >= 15 is 0 Å². The highest BCUT2D eigenvalue weighted by atomic mass is 32.1. The summed E-state index contributed by atoms with van der Waals surface area (Å²) in [6.45, 7) is 8.18. The largest absolute Gasteiger partial charge is 0.493 e. The van der Waals surface area contributed by atoms with E-state index in [1.807, 2.05) is 25.1 Å². The van der Waals surface area contributed by atoms with Crippen molar-refractivity contribution in [3.05, 3.63) is 18.2 Å². The molecule has 0 aromatic heterocycles. The molecular formula is C17H27N3O3S. The maximum atomic E-state index is 5.51. The van der Waals surface area contributed by atoms with E-state index in [1.54, 1.807) is 7.11 Å². The van der Waals surface area contributed by atoms with Gasteiger partial charge in [-0.1, -0.05) is 0 Å². The van der Waals surface area contributed by atoms with Gasteiger partial charge in [0.1, 0.15) is 0 Å². The zero-order chi connectivity index (χ0) is 17.2. The molecule has 2 rings (SSSR count). The number of hydrogen-bond donors (Lipinski definition) is 2. The molecule has 0 spiro atoms. The maximum Gasteiger partial charge on any atom is 0.170 e. The van der Waals surface area contributed by atoms with Gasteiger partial charge in [-0.05, 0) is 44.2 Å². The lowest BCUT2D eigenvalue weighted by molar-refractivity contribution is 0.0376. The number of thiocarbonyl (C=S) groups is 1.